The van der Waals surface area contributed by atoms with Crippen LogP contribution in [0.3, 0.4) is 0 Å². The van der Waals surface area contributed by atoms with Gasteiger partial charge in [0.2, 0.25) is 0 Å². The third-order valence-corrected chi connectivity index (χ3v) is 4.32. The minimum Gasteiger partial charge on any atom is -0.465 e. The number of imide groups is 1. The van der Waals surface area contributed by atoms with E-state index in [1.54, 1.807) is 60.9 Å². The highest BCUT2D eigenvalue weighted by Crippen LogP contribution is 2.32. The van der Waals surface area contributed by atoms with E-state index in [1.165, 1.54) is 0 Å². The number of hydrogen-bond acceptors (Lipinski definition) is 5. The molecule has 0 spiro atoms. The number of allylic oxidation sites excluding steroid dienone is 2. The van der Waals surface area contributed by atoms with E-state index in [4.69, 9.17) is 9.68 Å². The Balaban J connectivity index is 1.76. The molecule has 118 valence electrons. The number of hydrogen-bond donors (Lipinski definition) is 0. The summed E-state index contributed by atoms with van der Waals surface area (Å²) < 4.78 is 5.16. The maximum Gasteiger partial charge on any atom is 0.293 e. The molecular formula is C18H12N2O3S. The molecule has 2 heterocycles. The SMILES string of the molecule is N#Cc1ccccc1CN1C(=O)S/C(=C/C=C/c2ccco2)C1=O. The number of nitriles is 1. The summed E-state index contributed by atoms with van der Waals surface area (Å²) in [7, 11) is 0. The second-order valence-electron chi connectivity index (χ2n) is 4.93. The molecule has 2 aromatic rings. The highest BCUT2D eigenvalue weighted by molar-refractivity contribution is 8.18. The van der Waals surface area contributed by atoms with Gasteiger partial charge in [0.25, 0.3) is 11.1 Å². The molecule has 0 atom stereocenters. The van der Waals surface area contributed by atoms with Crippen molar-refractivity contribution in [2.45, 2.75) is 6.54 Å². The summed E-state index contributed by atoms with van der Waals surface area (Å²) in [5.74, 6) is 0.301. The zero-order chi connectivity index (χ0) is 16.9. The molecule has 6 heteroatoms. The zero-order valence-electron chi connectivity index (χ0n) is 12.5. The molecule has 1 fully saturated rings. The molecule has 1 aliphatic rings. The van der Waals surface area contributed by atoms with E-state index in [1.807, 2.05) is 0 Å². The third kappa shape index (κ3) is 3.31. The van der Waals surface area contributed by atoms with Crippen LogP contribution in [-0.2, 0) is 11.3 Å². The number of amides is 2. The molecule has 0 unspecified atom stereocenters. The lowest BCUT2D eigenvalue weighted by molar-refractivity contribution is -0.123. The summed E-state index contributed by atoms with van der Waals surface area (Å²) in [6, 6.07) is 12.5. The minimum atomic E-state index is -0.359. The van der Waals surface area contributed by atoms with Crippen LogP contribution in [0.15, 0.2) is 64.1 Å². The van der Waals surface area contributed by atoms with Gasteiger partial charge in [0.15, 0.2) is 0 Å². The monoisotopic (exact) mass is 336 g/mol. The van der Waals surface area contributed by atoms with E-state index < -0.39 is 0 Å². The Morgan fingerprint density at radius 1 is 1.21 bits per heavy atom. The van der Waals surface area contributed by atoms with Crippen LogP contribution in [0.25, 0.3) is 6.08 Å². The largest absolute Gasteiger partial charge is 0.465 e. The normalized spacial score (nSPS) is 16.3. The van der Waals surface area contributed by atoms with Gasteiger partial charge in [0.05, 0.1) is 29.3 Å². The first-order valence-electron chi connectivity index (χ1n) is 7.12. The summed E-state index contributed by atoms with van der Waals surface area (Å²) in [5.41, 5.74) is 1.10. The predicted molar refractivity (Wildman–Crippen MR) is 90.5 cm³/mol. The van der Waals surface area contributed by atoms with E-state index >= 15 is 0 Å². The summed E-state index contributed by atoms with van der Waals surface area (Å²) in [6.07, 6.45) is 6.52. The van der Waals surface area contributed by atoms with Gasteiger partial charge < -0.3 is 4.42 Å². The fraction of sp³-hybridized carbons (Fsp3) is 0.0556. The van der Waals surface area contributed by atoms with E-state index in [9.17, 15) is 9.59 Å². The molecule has 1 aliphatic heterocycles. The number of furan rings is 1. The van der Waals surface area contributed by atoms with Crippen molar-refractivity contribution in [1.29, 1.82) is 5.26 Å². The molecule has 3 rings (SSSR count). The van der Waals surface area contributed by atoms with Gasteiger partial charge in [0.1, 0.15) is 5.76 Å². The average molecular weight is 336 g/mol. The van der Waals surface area contributed by atoms with Crippen LogP contribution in [0.5, 0.6) is 0 Å². The lowest BCUT2D eigenvalue weighted by Gasteiger charge is -2.13. The summed E-state index contributed by atoms with van der Waals surface area (Å²) in [5, 5.41) is 8.77. The summed E-state index contributed by atoms with van der Waals surface area (Å²) in [6.45, 7) is 0.0909. The number of benzene rings is 1. The van der Waals surface area contributed by atoms with E-state index in [2.05, 4.69) is 6.07 Å². The van der Waals surface area contributed by atoms with Gasteiger partial charge in [-0.3, -0.25) is 14.5 Å². The Hall–Kier alpha value is -3.04. The molecular weight excluding hydrogens is 324 g/mol. The first kappa shape index (κ1) is 15.8. The van der Waals surface area contributed by atoms with Gasteiger partial charge in [-0.15, -0.1) is 0 Å². The molecule has 0 aliphatic carbocycles. The van der Waals surface area contributed by atoms with Crippen molar-refractivity contribution in [1.82, 2.24) is 4.90 Å². The van der Waals surface area contributed by atoms with Crippen molar-refractivity contribution in [2.75, 3.05) is 0 Å². The second kappa shape index (κ2) is 7.02. The number of carbonyl (C=O) groups is 2. The van der Waals surface area contributed by atoms with E-state index in [0.717, 1.165) is 16.7 Å². The Kier molecular flexibility index (Phi) is 4.64. The van der Waals surface area contributed by atoms with Crippen LogP contribution >= 0.6 is 11.8 Å². The van der Waals surface area contributed by atoms with Crippen LogP contribution in [0.1, 0.15) is 16.9 Å². The second-order valence-corrected chi connectivity index (χ2v) is 5.93. The Morgan fingerprint density at radius 3 is 2.79 bits per heavy atom. The predicted octanol–water partition coefficient (Wildman–Crippen LogP) is 3.94. The molecule has 1 saturated heterocycles. The Labute approximate surface area is 142 Å². The van der Waals surface area contributed by atoms with Crippen LogP contribution < -0.4 is 0 Å². The first-order chi connectivity index (χ1) is 11.7. The van der Waals surface area contributed by atoms with Gasteiger partial charge in [0, 0.05) is 0 Å². The number of nitrogens with zero attached hydrogens (tertiary/aromatic N) is 2. The van der Waals surface area contributed by atoms with E-state index in [0.29, 0.717) is 21.8 Å². The van der Waals surface area contributed by atoms with Crippen LogP contribution in [0.4, 0.5) is 4.79 Å². The molecule has 0 bridgehead atoms. The van der Waals surface area contributed by atoms with E-state index in [-0.39, 0.29) is 17.7 Å². The number of carbonyl (C=O) groups excluding carboxylic acids is 2. The number of rotatable bonds is 4. The van der Waals surface area contributed by atoms with Crippen molar-refractivity contribution < 1.29 is 14.0 Å². The molecule has 0 radical (unpaired) electrons. The molecule has 5 nitrogen and oxygen atoms in total. The smallest absolute Gasteiger partial charge is 0.293 e. The molecule has 0 saturated carbocycles. The van der Waals surface area contributed by atoms with Crippen LogP contribution in [-0.4, -0.2) is 16.0 Å². The molecule has 2 amide bonds. The number of thioether (sulfide) groups is 1. The molecule has 1 aromatic carbocycles. The van der Waals surface area contributed by atoms with Crippen molar-refractivity contribution in [3.05, 3.63) is 76.6 Å². The minimum absolute atomic E-state index is 0.0909. The van der Waals surface area contributed by atoms with Crippen LogP contribution in [0.2, 0.25) is 0 Å². The van der Waals surface area contributed by atoms with Gasteiger partial charge in [-0.25, -0.2) is 0 Å². The molecule has 0 N–H and O–H groups in total. The van der Waals surface area contributed by atoms with Crippen molar-refractivity contribution in [3.8, 4) is 6.07 Å². The van der Waals surface area contributed by atoms with Gasteiger partial charge in [-0.05, 0) is 47.7 Å². The standard InChI is InChI=1S/C18H12N2O3S/c19-11-13-5-1-2-6-14(13)12-20-17(21)16(24-18(20)22)9-3-7-15-8-4-10-23-15/h1-10H,12H2/b7-3+,16-9+. The average Bonchev–Trinajstić information content (AvgIpc) is 3.19. The van der Waals surface area contributed by atoms with Gasteiger partial charge in [-0.1, -0.05) is 24.3 Å². The fourth-order valence-corrected chi connectivity index (χ4v) is 2.99. The molecule has 1 aromatic heterocycles. The third-order valence-electron chi connectivity index (χ3n) is 3.39. The summed E-state index contributed by atoms with van der Waals surface area (Å²) >= 11 is 0.885. The van der Waals surface area contributed by atoms with Crippen molar-refractivity contribution in [3.63, 3.8) is 0 Å². The quantitative estimate of drug-likeness (QED) is 0.791. The van der Waals surface area contributed by atoms with Crippen molar-refractivity contribution >= 4 is 29.0 Å². The molecule has 24 heavy (non-hydrogen) atoms. The fourth-order valence-electron chi connectivity index (χ4n) is 2.20. The van der Waals surface area contributed by atoms with Crippen LogP contribution in [0, 0.1) is 11.3 Å². The van der Waals surface area contributed by atoms with Gasteiger partial charge >= 0.3 is 0 Å². The Bertz CT molecular complexity index is 876. The maximum absolute atomic E-state index is 12.4. The zero-order valence-corrected chi connectivity index (χ0v) is 13.3. The first-order valence-corrected chi connectivity index (χ1v) is 7.94. The highest BCUT2D eigenvalue weighted by Gasteiger charge is 2.34. The maximum atomic E-state index is 12.4. The highest BCUT2D eigenvalue weighted by atomic mass is 32.2. The lowest BCUT2D eigenvalue weighted by atomic mass is 10.1. The lowest BCUT2D eigenvalue weighted by Crippen LogP contribution is -2.27. The van der Waals surface area contributed by atoms with Crippen molar-refractivity contribution in [2.24, 2.45) is 0 Å². The Morgan fingerprint density at radius 2 is 2.04 bits per heavy atom. The summed E-state index contributed by atoms with van der Waals surface area (Å²) in [4.78, 5) is 26.0. The topological polar surface area (TPSA) is 74.3 Å². The van der Waals surface area contributed by atoms with Gasteiger partial charge in [-0.2, -0.15) is 5.26 Å².